The lowest BCUT2D eigenvalue weighted by atomic mass is 9.82. The van der Waals surface area contributed by atoms with Gasteiger partial charge in [0, 0.05) is 18.5 Å². The smallest absolute Gasteiger partial charge is 0.226 e. The quantitative estimate of drug-likeness (QED) is 0.857. The van der Waals surface area contributed by atoms with Crippen LogP contribution in [-0.2, 0) is 9.53 Å². The Morgan fingerprint density at radius 1 is 1.15 bits per heavy atom. The van der Waals surface area contributed by atoms with Gasteiger partial charge < -0.3 is 15.4 Å². The van der Waals surface area contributed by atoms with Gasteiger partial charge >= 0.3 is 0 Å². The van der Waals surface area contributed by atoms with Crippen LogP contribution < -0.4 is 5.73 Å². The number of piperidine rings is 1. The molecule has 2 atom stereocenters. The second kappa shape index (κ2) is 8.27. The SMILES string of the molecule is NC1CCCN(C(=O)C2CC2)[C@H]1COC1CCC(c2cccc(F)c2)CC1. The monoisotopic (exact) mass is 374 g/mol. The summed E-state index contributed by atoms with van der Waals surface area (Å²) in [6, 6.07) is 7.02. The number of likely N-dealkylation sites (tertiary alicyclic amines) is 1. The van der Waals surface area contributed by atoms with Gasteiger partial charge in [-0.05, 0) is 75.0 Å². The lowest BCUT2D eigenvalue weighted by molar-refractivity contribution is -0.139. The average Bonchev–Trinajstić information content (AvgIpc) is 3.52. The van der Waals surface area contributed by atoms with E-state index in [2.05, 4.69) is 0 Å². The fourth-order valence-corrected chi connectivity index (χ4v) is 4.70. The molecule has 1 aliphatic heterocycles. The van der Waals surface area contributed by atoms with E-state index in [9.17, 15) is 9.18 Å². The van der Waals surface area contributed by atoms with Gasteiger partial charge in [0.05, 0.1) is 18.8 Å². The minimum absolute atomic E-state index is 0.0186. The first-order valence-electron chi connectivity index (χ1n) is 10.5. The van der Waals surface area contributed by atoms with Crippen LogP contribution in [0.1, 0.15) is 62.8 Å². The van der Waals surface area contributed by atoms with Crippen LogP contribution in [-0.4, -0.2) is 42.1 Å². The van der Waals surface area contributed by atoms with E-state index in [1.54, 1.807) is 12.1 Å². The first kappa shape index (κ1) is 18.9. The molecule has 27 heavy (non-hydrogen) atoms. The predicted molar refractivity (Wildman–Crippen MR) is 103 cm³/mol. The maximum atomic E-state index is 13.5. The average molecular weight is 375 g/mol. The Morgan fingerprint density at radius 3 is 2.63 bits per heavy atom. The largest absolute Gasteiger partial charge is 0.376 e. The second-order valence-electron chi connectivity index (χ2n) is 8.54. The zero-order valence-corrected chi connectivity index (χ0v) is 16.0. The summed E-state index contributed by atoms with van der Waals surface area (Å²) in [5.41, 5.74) is 7.45. The molecule has 1 saturated heterocycles. The van der Waals surface area contributed by atoms with Crippen molar-refractivity contribution >= 4 is 5.91 Å². The van der Waals surface area contributed by atoms with E-state index < -0.39 is 0 Å². The Bertz CT molecular complexity index is 655. The number of hydrogen-bond donors (Lipinski definition) is 1. The van der Waals surface area contributed by atoms with E-state index in [0.29, 0.717) is 12.5 Å². The van der Waals surface area contributed by atoms with E-state index >= 15 is 0 Å². The predicted octanol–water partition coefficient (Wildman–Crippen LogP) is 3.60. The van der Waals surface area contributed by atoms with Gasteiger partial charge in [-0.2, -0.15) is 0 Å². The zero-order valence-electron chi connectivity index (χ0n) is 16.0. The van der Waals surface area contributed by atoms with Crippen molar-refractivity contribution in [3.63, 3.8) is 0 Å². The van der Waals surface area contributed by atoms with Crippen molar-refractivity contribution in [1.29, 1.82) is 0 Å². The van der Waals surface area contributed by atoms with E-state index in [4.69, 9.17) is 10.5 Å². The number of carbonyl (C=O) groups is 1. The van der Waals surface area contributed by atoms with Crippen LogP contribution in [0.15, 0.2) is 24.3 Å². The molecule has 4 nitrogen and oxygen atoms in total. The molecule has 1 unspecified atom stereocenters. The molecule has 0 aromatic heterocycles. The number of amides is 1. The van der Waals surface area contributed by atoms with E-state index in [1.807, 2.05) is 11.0 Å². The first-order valence-corrected chi connectivity index (χ1v) is 10.5. The van der Waals surface area contributed by atoms with Crippen molar-refractivity contribution < 1.29 is 13.9 Å². The molecule has 1 amide bonds. The van der Waals surface area contributed by atoms with Gasteiger partial charge in [-0.1, -0.05) is 12.1 Å². The summed E-state index contributed by atoms with van der Waals surface area (Å²) in [5, 5.41) is 0. The van der Waals surface area contributed by atoms with Crippen LogP contribution in [0.3, 0.4) is 0 Å². The zero-order chi connectivity index (χ0) is 18.8. The van der Waals surface area contributed by atoms with Crippen LogP contribution in [0.4, 0.5) is 4.39 Å². The van der Waals surface area contributed by atoms with Crippen LogP contribution in [0.25, 0.3) is 0 Å². The van der Waals surface area contributed by atoms with Gasteiger partial charge in [0.25, 0.3) is 0 Å². The normalized spacial score (nSPS) is 31.7. The summed E-state index contributed by atoms with van der Waals surface area (Å²) in [4.78, 5) is 14.6. The van der Waals surface area contributed by atoms with Crippen LogP contribution in [0, 0.1) is 11.7 Å². The Labute approximate surface area is 161 Å². The standard InChI is InChI=1S/C22H31FN2O2/c23-18-4-1-3-17(13-18)15-8-10-19(11-9-15)27-14-21-20(24)5-2-12-25(21)22(26)16-6-7-16/h1,3-4,13,15-16,19-21H,2,5-12,14,24H2/t15?,19?,20?,21-/m0/s1. The molecule has 3 aliphatic rings. The molecule has 2 saturated carbocycles. The molecule has 3 fully saturated rings. The van der Waals surface area contributed by atoms with Crippen molar-refractivity contribution in [2.75, 3.05) is 13.2 Å². The summed E-state index contributed by atoms with van der Waals surface area (Å²) >= 11 is 0. The van der Waals surface area contributed by atoms with Gasteiger partial charge in [0.15, 0.2) is 0 Å². The summed E-state index contributed by atoms with van der Waals surface area (Å²) in [6.07, 6.45) is 8.26. The molecule has 0 radical (unpaired) electrons. The Balaban J connectivity index is 1.29. The molecule has 0 bridgehead atoms. The molecule has 2 aliphatic carbocycles. The maximum Gasteiger partial charge on any atom is 0.226 e. The van der Waals surface area contributed by atoms with E-state index in [1.165, 1.54) is 6.07 Å². The van der Waals surface area contributed by atoms with Crippen molar-refractivity contribution in [2.45, 2.75) is 75.5 Å². The van der Waals surface area contributed by atoms with Gasteiger partial charge in [0.2, 0.25) is 5.91 Å². The number of ether oxygens (including phenoxy) is 1. The highest BCUT2D eigenvalue weighted by atomic mass is 19.1. The third kappa shape index (κ3) is 4.52. The summed E-state index contributed by atoms with van der Waals surface area (Å²) in [5.74, 6) is 0.788. The Hall–Kier alpha value is -1.46. The van der Waals surface area contributed by atoms with Crippen LogP contribution in [0.2, 0.25) is 0 Å². The molecular weight excluding hydrogens is 343 g/mol. The number of hydrogen-bond acceptors (Lipinski definition) is 3. The maximum absolute atomic E-state index is 13.5. The van der Waals surface area contributed by atoms with Gasteiger partial charge in [-0.15, -0.1) is 0 Å². The van der Waals surface area contributed by atoms with Crippen LogP contribution in [0.5, 0.6) is 0 Å². The first-order chi connectivity index (χ1) is 13.1. The number of nitrogens with zero attached hydrogens (tertiary/aromatic N) is 1. The summed E-state index contributed by atoms with van der Waals surface area (Å²) in [7, 11) is 0. The summed E-state index contributed by atoms with van der Waals surface area (Å²) in [6.45, 7) is 1.37. The highest BCUT2D eigenvalue weighted by Crippen LogP contribution is 2.35. The third-order valence-electron chi connectivity index (χ3n) is 6.54. The highest BCUT2D eigenvalue weighted by Gasteiger charge is 2.40. The molecule has 2 N–H and O–H groups in total. The number of halogens is 1. The fourth-order valence-electron chi connectivity index (χ4n) is 4.70. The molecule has 1 aromatic carbocycles. The topological polar surface area (TPSA) is 55.6 Å². The fraction of sp³-hybridized carbons (Fsp3) is 0.682. The van der Waals surface area contributed by atoms with E-state index in [0.717, 1.165) is 63.5 Å². The Kier molecular flexibility index (Phi) is 5.79. The third-order valence-corrected chi connectivity index (χ3v) is 6.54. The second-order valence-corrected chi connectivity index (χ2v) is 8.54. The molecular formula is C22H31FN2O2. The van der Waals surface area contributed by atoms with Crippen molar-refractivity contribution in [3.05, 3.63) is 35.6 Å². The molecule has 5 heteroatoms. The molecule has 1 aromatic rings. The lowest BCUT2D eigenvalue weighted by Gasteiger charge is -2.41. The van der Waals surface area contributed by atoms with Crippen molar-refractivity contribution in [3.8, 4) is 0 Å². The number of carbonyl (C=O) groups excluding carboxylic acids is 1. The minimum Gasteiger partial charge on any atom is -0.376 e. The van der Waals surface area contributed by atoms with Crippen molar-refractivity contribution in [1.82, 2.24) is 4.90 Å². The van der Waals surface area contributed by atoms with Gasteiger partial charge in [-0.25, -0.2) is 4.39 Å². The Morgan fingerprint density at radius 2 is 1.93 bits per heavy atom. The number of nitrogens with two attached hydrogens (primary N) is 1. The minimum atomic E-state index is -0.155. The number of benzene rings is 1. The van der Waals surface area contributed by atoms with Gasteiger partial charge in [0.1, 0.15) is 5.82 Å². The molecule has 4 rings (SSSR count). The molecule has 0 spiro atoms. The number of rotatable bonds is 5. The molecule has 1 heterocycles. The lowest BCUT2D eigenvalue weighted by Crippen LogP contribution is -2.57. The van der Waals surface area contributed by atoms with Gasteiger partial charge in [-0.3, -0.25) is 4.79 Å². The van der Waals surface area contributed by atoms with Crippen LogP contribution >= 0.6 is 0 Å². The van der Waals surface area contributed by atoms with E-state index in [-0.39, 0.29) is 35.8 Å². The van der Waals surface area contributed by atoms with Crippen molar-refractivity contribution in [2.24, 2.45) is 11.7 Å². The highest BCUT2D eigenvalue weighted by molar-refractivity contribution is 5.81. The summed E-state index contributed by atoms with van der Waals surface area (Å²) < 4.78 is 19.7. The molecule has 148 valence electrons.